The number of aliphatic hydroxyl groups excluding tert-OH is 4. The number of aromatic nitrogens is 3. The van der Waals surface area contributed by atoms with Gasteiger partial charge in [-0.15, -0.1) is 0 Å². The Labute approximate surface area is 128 Å². The maximum atomic E-state index is 9.37. The van der Waals surface area contributed by atoms with E-state index in [2.05, 4.69) is 15.0 Å². The van der Waals surface area contributed by atoms with E-state index in [1.807, 2.05) is 0 Å². The van der Waals surface area contributed by atoms with Gasteiger partial charge in [0.2, 0.25) is 17.8 Å². The lowest BCUT2D eigenvalue weighted by atomic mass is 10.6. The number of hydrogen-bond donors (Lipinski definition) is 4. The molecular weight excluding hydrogens is 296 g/mol. The average molecular weight is 318 g/mol. The lowest BCUT2D eigenvalue weighted by Gasteiger charge is -2.25. The van der Waals surface area contributed by atoms with Crippen LogP contribution in [0.2, 0.25) is 0 Å². The lowest BCUT2D eigenvalue weighted by Crippen LogP contribution is -2.34. The SMILES string of the molecule is CCN(CO)c1nc(N(CO)CO)nc(N(CO)COC)n1. The van der Waals surface area contributed by atoms with E-state index in [0.717, 1.165) is 4.90 Å². The molecule has 0 radical (unpaired) electrons. The van der Waals surface area contributed by atoms with E-state index in [4.69, 9.17) is 4.74 Å². The van der Waals surface area contributed by atoms with Crippen molar-refractivity contribution in [3.8, 4) is 0 Å². The number of methoxy groups -OCH3 is 1. The van der Waals surface area contributed by atoms with Crippen molar-refractivity contribution >= 4 is 17.8 Å². The molecule has 0 fully saturated rings. The van der Waals surface area contributed by atoms with Crippen LogP contribution in [0.25, 0.3) is 0 Å². The Morgan fingerprint density at radius 3 is 1.55 bits per heavy atom. The minimum Gasteiger partial charge on any atom is -0.376 e. The molecule has 0 atom stereocenters. The Kier molecular flexibility index (Phi) is 7.70. The van der Waals surface area contributed by atoms with Crippen molar-refractivity contribution in [3.05, 3.63) is 0 Å². The first-order valence-corrected chi connectivity index (χ1v) is 6.58. The number of ether oxygens (including phenoxy) is 1. The maximum Gasteiger partial charge on any atom is 0.235 e. The Hall–Kier alpha value is -1.79. The summed E-state index contributed by atoms with van der Waals surface area (Å²) in [5.74, 6) is 0.237. The van der Waals surface area contributed by atoms with Gasteiger partial charge in [-0.2, -0.15) is 15.0 Å². The van der Waals surface area contributed by atoms with Crippen LogP contribution in [-0.4, -0.2) is 82.7 Å². The zero-order chi connectivity index (χ0) is 16.5. The molecule has 11 nitrogen and oxygen atoms in total. The minimum atomic E-state index is -0.506. The number of anilines is 3. The van der Waals surface area contributed by atoms with E-state index in [-0.39, 0.29) is 31.3 Å². The molecule has 126 valence electrons. The molecule has 1 heterocycles. The molecule has 22 heavy (non-hydrogen) atoms. The summed E-state index contributed by atoms with van der Waals surface area (Å²) in [6.45, 7) is 0.529. The summed E-state index contributed by atoms with van der Waals surface area (Å²) in [6, 6.07) is 0. The first-order chi connectivity index (χ1) is 10.6. The summed E-state index contributed by atoms with van der Waals surface area (Å²) >= 11 is 0. The smallest absolute Gasteiger partial charge is 0.235 e. The first kappa shape index (κ1) is 18.3. The highest BCUT2D eigenvalue weighted by molar-refractivity contribution is 5.45. The fourth-order valence-electron chi connectivity index (χ4n) is 1.56. The second-order valence-electron chi connectivity index (χ2n) is 4.15. The van der Waals surface area contributed by atoms with Crippen molar-refractivity contribution in [2.45, 2.75) is 6.92 Å². The highest BCUT2D eigenvalue weighted by Crippen LogP contribution is 2.18. The van der Waals surface area contributed by atoms with Crippen LogP contribution in [0.5, 0.6) is 0 Å². The van der Waals surface area contributed by atoms with Gasteiger partial charge >= 0.3 is 0 Å². The van der Waals surface area contributed by atoms with Gasteiger partial charge in [-0.05, 0) is 6.92 Å². The highest BCUT2D eigenvalue weighted by atomic mass is 16.5. The highest BCUT2D eigenvalue weighted by Gasteiger charge is 2.18. The first-order valence-electron chi connectivity index (χ1n) is 6.58. The molecule has 4 N–H and O–H groups in total. The van der Waals surface area contributed by atoms with Crippen LogP contribution in [0.4, 0.5) is 17.8 Å². The van der Waals surface area contributed by atoms with Crippen LogP contribution in [0, 0.1) is 0 Å². The van der Waals surface area contributed by atoms with Crippen molar-refractivity contribution < 1.29 is 25.2 Å². The number of aliphatic hydroxyl groups is 4. The zero-order valence-electron chi connectivity index (χ0n) is 12.6. The molecule has 0 aliphatic carbocycles. The van der Waals surface area contributed by atoms with Gasteiger partial charge in [-0.1, -0.05) is 0 Å². The number of nitrogens with zero attached hydrogens (tertiary/aromatic N) is 6. The van der Waals surface area contributed by atoms with Gasteiger partial charge in [-0.3, -0.25) is 9.80 Å². The summed E-state index contributed by atoms with van der Waals surface area (Å²) in [4.78, 5) is 16.2. The molecule has 11 heteroatoms. The Morgan fingerprint density at radius 2 is 1.18 bits per heavy atom. The molecule has 0 aliphatic rings. The third-order valence-electron chi connectivity index (χ3n) is 2.80. The number of rotatable bonds is 10. The Bertz CT molecular complexity index is 413. The fraction of sp³-hybridized carbons (Fsp3) is 0.727. The quantitative estimate of drug-likeness (QED) is 0.347. The van der Waals surface area contributed by atoms with Crippen molar-refractivity contribution in [2.75, 3.05) is 62.0 Å². The van der Waals surface area contributed by atoms with E-state index >= 15 is 0 Å². The molecule has 0 amide bonds. The summed E-state index contributed by atoms with van der Waals surface area (Å²) in [5.41, 5.74) is 0. The van der Waals surface area contributed by atoms with E-state index in [1.54, 1.807) is 6.92 Å². The molecule has 0 bridgehead atoms. The van der Waals surface area contributed by atoms with E-state index in [1.165, 1.54) is 16.9 Å². The molecule has 0 aromatic carbocycles. The molecule has 1 aromatic rings. The third-order valence-corrected chi connectivity index (χ3v) is 2.80. The maximum absolute atomic E-state index is 9.37. The molecule has 0 aliphatic heterocycles. The molecule has 1 aromatic heterocycles. The van der Waals surface area contributed by atoms with E-state index in [0.29, 0.717) is 6.54 Å². The third kappa shape index (κ3) is 4.35. The second kappa shape index (κ2) is 9.27. The summed E-state index contributed by atoms with van der Waals surface area (Å²) in [7, 11) is 1.45. The summed E-state index contributed by atoms with van der Waals surface area (Å²) in [6.07, 6.45) is 0. The van der Waals surface area contributed by atoms with Gasteiger partial charge < -0.3 is 30.1 Å². The molecule has 0 saturated carbocycles. The van der Waals surface area contributed by atoms with Gasteiger partial charge in [-0.25, -0.2) is 0 Å². The van der Waals surface area contributed by atoms with Gasteiger partial charge in [0.1, 0.15) is 33.7 Å². The lowest BCUT2D eigenvalue weighted by molar-refractivity contribution is 0.166. The largest absolute Gasteiger partial charge is 0.376 e. The van der Waals surface area contributed by atoms with Crippen molar-refractivity contribution in [3.63, 3.8) is 0 Å². The van der Waals surface area contributed by atoms with Crippen LogP contribution < -0.4 is 14.7 Å². The van der Waals surface area contributed by atoms with E-state index in [9.17, 15) is 20.4 Å². The summed E-state index contributed by atoms with van der Waals surface area (Å²) < 4.78 is 4.95. The predicted molar refractivity (Wildman–Crippen MR) is 78.0 cm³/mol. The molecule has 1 rings (SSSR count). The van der Waals surface area contributed by atoms with Gasteiger partial charge in [0.15, 0.2) is 0 Å². The van der Waals surface area contributed by atoms with Crippen LogP contribution >= 0.6 is 0 Å². The van der Waals surface area contributed by atoms with E-state index < -0.39 is 20.2 Å². The Balaban J connectivity index is 3.30. The zero-order valence-corrected chi connectivity index (χ0v) is 12.6. The molecule has 0 unspecified atom stereocenters. The normalized spacial score (nSPS) is 10.6. The predicted octanol–water partition coefficient (Wildman–Crippen LogP) is -2.29. The second-order valence-corrected chi connectivity index (χ2v) is 4.15. The number of hydrogen-bond acceptors (Lipinski definition) is 11. The Morgan fingerprint density at radius 1 is 0.773 bits per heavy atom. The molecule has 0 saturated heterocycles. The van der Waals surface area contributed by atoms with Gasteiger partial charge in [0, 0.05) is 13.7 Å². The van der Waals surface area contributed by atoms with Crippen LogP contribution in [0.3, 0.4) is 0 Å². The van der Waals surface area contributed by atoms with Gasteiger partial charge in [0.25, 0.3) is 0 Å². The van der Waals surface area contributed by atoms with Crippen LogP contribution in [-0.2, 0) is 4.74 Å². The minimum absolute atomic E-state index is 0.00598. The van der Waals surface area contributed by atoms with Crippen LogP contribution in [0.15, 0.2) is 0 Å². The van der Waals surface area contributed by atoms with Crippen LogP contribution in [0.1, 0.15) is 6.92 Å². The summed E-state index contributed by atoms with van der Waals surface area (Å²) in [5, 5.41) is 37.2. The average Bonchev–Trinajstić information content (AvgIpc) is 2.55. The topological polar surface area (TPSA) is 139 Å². The molecule has 0 spiro atoms. The molecular formula is C11H22N6O5. The van der Waals surface area contributed by atoms with Crippen molar-refractivity contribution in [2.24, 2.45) is 0 Å². The monoisotopic (exact) mass is 318 g/mol. The van der Waals surface area contributed by atoms with Crippen molar-refractivity contribution in [1.29, 1.82) is 0 Å². The van der Waals surface area contributed by atoms with Gasteiger partial charge in [0.05, 0.1) is 0 Å². The fourth-order valence-corrected chi connectivity index (χ4v) is 1.56. The standard InChI is InChI=1S/C11H22N6O5/c1-3-15(4-18)9-12-10(16(5-19)6-20)14-11(13-9)17(7-21)8-22-2/h18-21H,3-8H2,1-2H3. The van der Waals surface area contributed by atoms with Crippen molar-refractivity contribution in [1.82, 2.24) is 15.0 Å².